The number of hydrogen-bond acceptors (Lipinski definition) is 6. The summed E-state index contributed by atoms with van der Waals surface area (Å²) >= 11 is 0. The standard InChI is InChI=1S/C13H25N5O2/c1-4-14-11(10-12-15-17-18(3)16-12)13(20-5-2)6-8-19-9-7-13/h11,14H,4-10H2,1-3H3. The van der Waals surface area contributed by atoms with Gasteiger partial charge in [-0.1, -0.05) is 6.92 Å². The quantitative estimate of drug-likeness (QED) is 0.776. The lowest BCUT2D eigenvalue weighted by Crippen LogP contribution is -2.56. The number of nitrogens with zero attached hydrogens (tertiary/aromatic N) is 4. The van der Waals surface area contributed by atoms with Crippen LogP contribution in [0.2, 0.25) is 0 Å². The van der Waals surface area contributed by atoms with Crippen LogP contribution in [0, 0.1) is 0 Å². The maximum atomic E-state index is 6.14. The Morgan fingerprint density at radius 2 is 2.15 bits per heavy atom. The van der Waals surface area contributed by atoms with Crippen molar-refractivity contribution in [2.75, 3.05) is 26.4 Å². The summed E-state index contributed by atoms with van der Waals surface area (Å²) in [5.41, 5.74) is -0.192. The second-order valence-electron chi connectivity index (χ2n) is 5.12. The van der Waals surface area contributed by atoms with Crippen LogP contribution in [0.5, 0.6) is 0 Å². The number of rotatable bonds is 7. The number of hydrogen-bond donors (Lipinski definition) is 1. The maximum Gasteiger partial charge on any atom is 0.176 e. The fourth-order valence-electron chi connectivity index (χ4n) is 2.88. The Balaban J connectivity index is 2.14. The Kier molecular flexibility index (Phi) is 5.45. The van der Waals surface area contributed by atoms with Crippen molar-refractivity contribution in [3.8, 4) is 0 Å². The van der Waals surface area contributed by atoms with Gasteiger partial charge in [-0.2, -0.15) is 4.80 Å². The molecular weight excluding hydrogens is 258 g/mol. The van der Waals surface area contributed by atoms with E-state index in [-0.39, 0.29) is 11.6 Å². The Bertz CT molecular complexity index is 398. The first-order valence-corrected chi connectivity index (χ1v) is 7.38. The lowest BCUT2D eigenvalue weighted by atomic mass is 9.84. The molecule has 1 atom stereocenters. The van der Waals surface area contributed by atoms with Crippen molar-refractivity contribution in [3.63, 3.8) is 0 Å². The zero-order valence-electron chi connectivity index (χ0n) is 12.6. The minimum absolute atomic E-state index is 0.181. The molecule has 1 aliphatic rings. The van der Waals surface area contributed by atoms with Crippen molar-refractivity contribution in [1.29, 1.82) is 0 Å². The van der Waals surface area contributed by atoms with Crippen molar-refractivity contribution in [2.24, 2.45) is 7.05 Å². The number of aromatic nitrogens is 4. The molecule has 1 aromatic rings. The monoisotopic (exact) mass is 283 g/mol. The molecule has 0 radical (unpaired) electrons. The molecule has 114 valence electrons. The van der Waals surface area contributed by atoms with Gasteiger partial charge in [-0.3, -0.25) is 0 Å². The summed E-state index contributed by atoms with van der Waals surface area (Å²) in [5.74, 6) is 0.754. The van der Waals surface area contributed by atoms with Crippen LogP contribution in [0.1, 0.15) is 32.5 Å². The van der Waals surface area contributed by atoms with Crippen LogP contribution in [0.15, 0.2) is 0 Å². The lowest BCUT2D eigenvalue weighted by molar-refractivity contribution is -0.126. The Morgan fingerprint density at radius 3 is 2.70 bits per heavy atom. The first kappa shape index (κ1) is 15.3. The summed E-state index contributed by atoms with van der Waals surface area (Å²) in [7, 11) is 1.78. The van der Waals surface area contributed by atoms with Gasteiger partial charge in [0.05, 0.1) is 12.6 Å². The van der Waals surface area contributed by atoms with Crippen LogP contribution in [-0.4, -0.2) is 58.2 Å². The summed E-state index contributed by atoms with van der Waals surface area (Å²) in [6.45, 7) is 7.23. The first-order valence-electron chi connectivity index (χ1n) is 7.38. The predicted octanol–water partition coefficient (Wildman–Crippen LogP) is 0.316. The zero-order valence-corrected chi connectivity index (χ0v) is 12.6. The largest absolute Gasteiger partial charge is 0.381 e. The molecule has 0 spiro atoms. The van der Waals surface area contributed by atoms with Gasteiger partial charge in [-0.15, -0.1) is 10.2 Å². The molecule has 0 bridgehead atoms. The van der Waals surface area contributed by atoms with Crippen LogP contribution >= 0.6 is 0 Å². The highest BCUT2D eigenvalue weighted by Gasteiger charge is 2.41. The van der Waals surface area contributed by atoms with Gasteiger partial charge in [-0.25, -0.2) is 0 Å². The third kappa shape index (κ3) is 3.53. The predicted molar refractivity (Wildman–Crippen MR) is 74.4 cm³/mol. The fraction of sp³-hybridized carbons (Fsp3) is 0.923. The molecule has 1 aliphatic heterocycles. The molecule has 1 N–H and O–H groups in total. The van der Waals surface area contributed by atoms with Crippen LogP contribution < -0.4 is 5.32 Å². The molecule has 0 aromatic carbocycles. The smallest absolute Gasteiger partial charge is 0.176 e. The molecule has 20 heavy (non-hydrogen) atoms. The van der Waals surface area contributed by atoms with E-state index in [1.54, 1.807) is 7.05 Å². The molecule has 7 heteroatoms. The fourth-order valence-corrected chi connectivity index (χ4v) is 2.88. The highest BCUT2D eigenvalue weighted by Crippen LogP contribution is 2.30. The third-order valence-corrected chi connectivity index (χ3v) is 3.79. The van der Waals surface area contributed by atoms with E-state index >= 15 is 0 Å². The number of ether oxygens (including phenoxy) is 2. The Hall–Kier alpha value is -1.05. The van der Waals surface area contributed by atoms with E-state index in [1.807, 2.05) is 6.92 Å². The average molecular weight is 283 g/mol. The molecule has 0 saturated carbocycles. The van der Waals surface area contributed by atoms with Crippen molar-refractivity contribution < 1.29 is 9.47 Å². The highest BCUT2D eigenvalue weighted by molar-refractivity contribution is 4.99. The summed E-state index contributed by atoms with van der Waals surface area (Å²) < 4.78 is 11.6. The van der Waals surface area contributed by atoms with E-state index in [9.17, 15) is 0 Å². The van der Waals surface area contributed by atoms with Crippen LogP contribution in [-0.2, 0) is 22.9 Å². The van der Waals surface area contributed by atoms with Gasteiger partial charge < -0.3 is 14.8 Å². The third-order valence-electron chi connectivity index (χ3n) is 3.79. The molecule has 1 unspecified atom stereocenters. The number of tetrazole rings is 1. The minimum atomic E-state index is -0.192. The number of likely N-dealkylation sites (N-methyl/N-ethyl adjacent to an activating group) is 1. The van der Waals surface area contributed by atoms with Crippen LogP contribution in [0.3, 0.4) is 0 Å². The Morgan fingerprint density at radius 1 is 1.40 bits per heavy atom. The highest BCUT2D eigenvalue weighted by atomic mass is 16.5. The molecule has 2 heterocycles. The van der Waals surface area contributed by atoms with Gasteiger partial charge >= 0.3 is 0 Å². The van der Waals surface area contributed by atoms with Gasteiger partial charge in [0.1, 0.15) is 0 Å². The van der Waals surface area contributed by atoms with E-state index in [0.29, 0.717) is 6.61 Å². The van der Waals surface area contributed by atoms with Gasteiger partial charge in [0.15, 0.2) is 5.82 Å². The van der Waals surface area contributed by atoms with E-state index in [4.69, 9.17) is 9.47 Å². The Labute approximate surface area is 120 Å². The second-order valence-corrected chi connectivity index (χ2v) is 5.12. The molecule has 7 nitrogen and oxygen atoms in total. The second kappa shape index (κ2) is 7.10. The molecular formula is C13H25N5O2. The SMILES string of the molecule is CCNC(Cc1nnn(C)n1)C1(OCC)CCOCC1. The average Bonchev–Trinajstić information content (AvgIpc) is 2.85. The van der Waals surface area contributed by atoms with Crippen molar-refractivity contribution in [3.05, 3.63) is 5.82 Å². The van der Waals surface area contributed by atoms with E-state index in [2.05, 4.69) is 27.7 Å². The van der Waals surface area contributed by atoms with E-state index < -0.39 is 0 Å². The summed E-state index contributed by atoms with van der Waals surface area (Å²) in [6.07, 6.45) is 2.53. The summed E-state index contributed by atoms with van der Waals surface area (Å²) in [6, 6.07) is 0.181. The zero-order chi connectivity index (χ0) is 14.4. The topological polar surface area (TPSA) is 74.1 Å². The van der Waals surface area contributed by atoms with Crippen molar-refractivity contribution in [1.82, 2.24) is 25.5 Å². The number of aryl methyl sites for hydroxylation is 1. The maximum absolute atomic E-state index is 6.14. The minimum Gasteiger partial charge on any atom is -0.381 e. The normalized spacial score (nSPS) is 19.9. The molecule has 1 saturated heterocycles. The molecule has 0 amide bonds. The van der Waals surface area contributed by atoms with E-state index in [0.717, 1.165) is 44.8 Å². The van der Waals surface area contributed by atoms with Gasteiger partial charge in [0.2, 0.25) is 0 Å². The summed E-state index contributed by atoms with van der Waals surface area (Å²) in [4.78, 5) is 1.50. The van der Waals surface area contributed by atoms with Crippen LogP contribution in [0.4, 0.5) is 0 Å². The number of nitrogens with one attached hydrogen (secondary N) is 1. The van der Waals surface area contributed by atoms with Crippen molar-refractivity contribution in [2.45, 2.75) is 44.8 Å². The van der Waals surface area contributed by atoms with Crippen LogP contribution in [0.25, 0.3) is 0 Å². The summed E-state index contributed by atoms with van der Waals surface area (Å²) in [5, 5.41) is 15.8. The molecule has 2 rings (SSSR count). The van der Waals surface area contributed by atoms with Gasteiger partial charge in [0.25, 0.3) is 0 Å². The first-order chi connectivity index (χ1) is 9.70. The molecule has 0 aliphatic carbocycles. The van der Waals surface area contributed by atoms with Gasteiger partial charge in [-0.05, 0) is 18.7 Å². The van der Waals surface area contributed by atoms with Crippen molar-refractivity contribution >= 4 is 0 Å². The molecule has 1 aromatic heterocycles. The van der Waals surface area contributed by atoms with E-state index in [1.165, 1.54) is 4.80 Å². The van der Waals surface area contributed by atoms with Gasteiger partial charge in [0, 0.05) is 45.1 Å². The molecule has 1 fully saturated rings. The lowest BCUT2D eigenvalue weighted by Gasteiger charge is -2.43.